The van der Waals surface area contributed by atoms with Gasteiger partial charge in [-0.15, -0.1) is 0 Å². The molecule has 1 aromatic carbocycles. The summed E-state index contributed by atoms with van der Waals surface area (Å²) in [4.78, 5) is 14.0. The highest BCUT2D eigenvalue weighted by Gasteiger charge is 2.46. The van der Waals surface area contributed by atoms with Gasteiger partial charge in [-0.25, -0.2) is 4.39 Å². The molecule has 2 saturated carbocycles. The molecule has 4 rings (SSSR count). The normalized spacial score (nSPS) is 20.4. The molecule has 1 aliphatic heterocycles. The van der Waals surface area contributed by atoms with Crippen molar-refractivity contribution in [3.05, 3.63) is 41.0 Å². The lowest BCUT2D eigenvalue weighted by Crippen LogP contribution is -2.39. The van der Waals surface area contributed by atoms with E-state index in [-0.39, 0.29) is 23.1 Å². The van der Waals surface area contributed by atoms with Crippen LogP contribution >= 0.6 is 0 Å². The van der Waals surface area contributed by atoms with Crippen molar-refractivity contribution in [1.29, 1.82) is 0 Å². The average molecular weight is 413 g/mol. The first-order chi connectivity index (χ1) is 14.4. The van der Waals surface area contributed by atoms with Gasteiger partial charge in [-0.3, -0.25) is 4.79 Å². The van der Waals surface area contributed by atoms with E-state index in [1.165, 1.54) is 18.1 Å². The number of ether oxygens (including phenoxy) is 2. The molecule has 1 heterocycles. The van der Waals surface area contributed by atoms with E-state index >= 15 is 4.39 Å². The van der Waals surface area contributed by atoms with Gasteiger partial charge in [0, 0.05) is 24.6 Å². The molecule has 0 radical (unpaired) electrons. The minimum atomic E-state index is -0.502. The number of nitrogens with one attached hydrogen (secondary N) is 1. The highest BCUT2D eigenvalue weighted by atomic mass is 19.1. The zero-order chi connectivity index (χ0) is 21.3. The second-order valence-corrected chi connectivity index (χ2v) is 8.56. The zero-order valence-corrected chi connectivity index (χ0v) is 17.5. The number of carbonyl (C=O) groups excluding carboxylic acids is 1. The number of anilines is 1. The number of nitrogens with zero attached hydrogens (tertiary/aromatic N) is 1. The summed E-state index contributed by atoms with van der Waals surface area (Å²) in [6.45, 7) is 3.55. The molecule has 3 aliphatic rings. The molecule has 30 heavy (non-hydrogen) atoms. The summed E-state index contributed by atoms with van der Waals surface area (Å²) in [6.07, 6.45) is 5.50. The van der Waals surface area contributed by atoms with Crippen molar-refractivity contribution < 1.29 is 18.7 Å². The Bertz CT molecular complexity index is 916. The molecule has 1 spiro atoms. The molecule has 1 saturated heterocycles. The molecular formula is C23H28FN3O3. The van der Waals surface area contributed by atoms with Crippen LogP contribution in [0.5, 0.6) is 0 Å². The summed E-state index contributed by atoms with van der Waals surface area (Å²) in [5.74, 6) is 5.32. The van der Waals surface area contributed by atoms with E-state index in [0.29, 0.717) is 36.8 Å². The Morgan fingerprint density at radius 3 is 2.70 bits per heavy atom. The van der Waals surface area contributed by atoms with Crippen molar-refractivity contribution in [2.75, 3.05) is 31.7 Å². The number of benzene rings is 1. The maximum Gasteiger partial charge on any atom is 0.275 e. The topological polar surface area (TPSA) is 76.8 Å². The fraction of sp³-hybridized carbons (Fsp3) is 0.522. The third kappa shape index (κ3) is 4.61. The summed E-state index contributed by atoms with van der Waals surface area (Å²) in [5, 5.41) is 2.97. The Hall–Kier alpha value is -2.56. The van der Waals surface area contributed by atoms with Gasteiger partial charge in [0.15, 0.2) is 12.1 Å². The van der Waals surface area contributed by atoms with Gasteiger partial charge in [-0.05, 0) is 44.2 Å². The van der Waals surface area contributed by atoms with Gasteiger partial charge in [-0.2, -0.15) is 0 Å². The lowest BCUT2D eigenvalue weighted by atomic mass is 10.1. The number of carbonyl (C=O) groups is 1. The van der Waals surface area contributed by atoms with Crippen LogP contribution in [0.25, 0.3) is 0 Å². The summed E-state index contributed by atoms with van der Waals surface area (Å²) in [6, 6.07) is 3.42. The first kappa shape index (κ1) is 20.7. The van der Waals surface area contributed by atoms with E-state index in [4.69, 9.17) is 15.2 Å². The van der Waals surface area contributed by atoms with Gasteiger partial charge >= 0.3 is 0 Å². The molecule has 0 unspecified atom stereocenters. The predicted octanol–water partition coefficient (Wildman–Crippen LogP) is 2.40. The third-order valence-corrected chi connectivity index (χ3v) is 5.84. The fourth-order valence-electron chi connectivity index (χ4n) is 3.41. The molecule has 0 atom stereocenters. The Morgan fingerprint density at radius 2 is 2.07 bits per heavy atom. The van der Waals surface area contributed by atoms with Gasteiger partial charge in [0.25, 0.3) is 5.91 Å². The molecule has 0 aromatic heterocycles. The first-order valence-corrected chi connectivity index (χ1v) is 10.4. The number of hydrogen-bond acceptors (Lipinski definition) is 5. The van der Waals surface area contributed by atoms with E-state index in [9.17, 15) is 4.79 Å². The lowest BCUT2D eigenvalue weighted by molar-refractivity contribution is -0.203. The quantitative estimate of drug-likeness (QED) is 0.573. The summed E-state index contributed by atoms with van der Waals surface area (Å²) in [7, 11) is 1.51. The number of aryl methyl sites for hydroxylation is 1. The van der Waals surface area contributed by atoms with Crippen LogP contribution in [0.15, 0.2) is 24.0 Å². The SMILES string of the molecule is Cc1ccc(C#CC2CC2)c(F)c1N(C)C(=O)/C(N)=C/NCC1OCC2(CC2)CO1. The molecule has 6 nitrogen and oxygen atoms in total. The van der Waals surface area contributed by atoms with Crippen LogP contribution in [-0.2, 0) is 14.3 Å². The molecule has 1 aromatic rings. The smallest absolute Gasteiger partial charge is 0.275 e. The van der Waals surface area contributed by atoms with Crippen molar-refractivity contribution >= 4 is 11.6 Å². The van der Waals surface area contributed by atoms with Gasteiger partial charge in [0.05, 0.1) is 31.0 Å². The van der Waals surface area contributed by atoms with Crippen LogP contribution in [0.2, 0.25) is 0 Å². The minimum absolute atomic E-state index is 0.0276. The number of nitrogens with two attached hydrogens (primary N) is 1. The van der Waals surface area contributed by atoms with Gasteiger partial charge < -0.3 is 25.4 Å². The second-order valence-electron chi connectivity index (χ2n) is 8.56. The van der Waals surface area contributed by atoms with Gasteiger partial charge in [-0.1, -0.05) is 17.9 Å². The number of halogens is 1. The maximum atomic E-state index is 15.0. The summed E-state index contributed by atoms with van der Waals surface area (Å²) in [5.41, 5.74) is 7.28. The van der Waals surface area contributed by atoms with Crippen molar-refractivity contribution in [3.8, 4) is 11.8 Å². The number of rotatable bonds is 5. The van der Waals surface area contributed by atoms with E-state index in [1.54, 1.807) is 19.1 Å². The highest BCUT2D eigenvalue weighted by Crippen LogP contribution is 2.48. The standard InChI is InChI=1S/C23H28FN3O3/c1-15-3-7-17(8-6-16-4-5-16)20(24)21(15)27(2)22(28)18(25)11-26-12-19-29-13-23(9-10-23)14-30-19/h3,7,11,16,19,26H,4-5,9-10,12-14,25H2,1-2H3/b18-11-. The van der Waals surface area contributed by atoms with E-state index < -0.39 is 11.7 Å². The fourth-order valence-corrected chi connectivity index (χ4v) is 3.41. The molecule has 3 fully saturated rings. The van der Waals surface area contributed by atoms with Gasteiger partial charge in [0.2, 0.25) is 0 Å². The molecule has 7 heteroatoms. The largest absolute Gasteiger partial charge is 0.393 e. The second kappa shape index (κ2) is 8.29. The van der Waals surface area contributed by atoms with Crippen LogP contribution < -0.4 is 16.0 Å². The highest BCUT2D eigenvalue weighted by molar-refractivity contribution is 6.05. The van der Waals surface area contributed by atoms with Gasteiger partial charge in [0.1, 0.15) is 5.70 Å². The number of likely N-dealkylation sites (N-methyl/N-ethyl adjacent to an activating group) is 1. The molecule has 0 bridgehead atoms. The minimum Gasteiger partial charge on any atom is -0.393 e. The van der Waals surface area contributed by atoms with Crippen LogP contribution in [0.1, 0.15) is 36.8 Å². The van der Waals surface area contributed by atoms with Crippen LogP contribution in [0, 0.1) is 35.9 Å². The van der Waals surface area contributed by atoms with Crippen LogP contribution in [0.3, 0.4) is 0 Å². The average Bonchev–Trinajstić information content (AvgIpc) is 3.66. The zero-order valence-electron chi connectivity index (χ0n) is 17.5. The molecule has 2 aliphatic carbocycles. The third-order valence-electron chi connectivity index (χ3n) is 5.84. The maximum absolute atomic E-state index is 15.0. The Morgan fingerprint density at radius 1 is 1.37 bits per heavy atom. The lowest BCUT2D eigenvalue weighted by Gasteiger charge is -2.29. The summed E-state index contributed by atoms with van der Waals surface area (Å²) >= 11 is 0. The van der Waals surface area contributed by atoms with Crippen molar-refractivity contribution in [3.63, 3.8) is 0 Å². The van der Waals surface area contributed by atoms with Crippen LogP contribution in [0.4, 0.5) is 10.1 Å². The number of hydrogen-bond donors (Lipinski definition) is 2. The van der Waals surface area contributed by atoms with E-state index in [2.05, 4.69) is 17.2 Å². The monoisotopic (exact) mass is 413 g/mol. The Kier molecular flexibility index (Phi) is 5.72. The molecular weight excluding hydrogens is 385 g/mol. The van der Waals surface area contributed by atoms with Crippen molar-refractivity contribution in [2.24, 2.45) is 17.1 Å². The van der Waals surface area contributed by atoms with Crippen molar-refractivity contribution in [1.82, 2.24) is 5.32 Å². The van der Waals surface area contributed by atoms with E-state index in [0.717, 1.165) is 25.7 Å². The van der Waals surface area contributed by atoms with Crippen molar-refractivity contribution in [2.45, 2.75) is 38.9 Å². The Labute approximate surface area is 176 Å². The molecule has 3 N–H and O–H groups in total. The summed E-state index contributed by atoms with van der Waals surface area (Å²) < 4.78 is 26.4. The first-order valence-electron chi connectivity index (χ1n) is 10.4. The molecule has 1 amide bonds. The molecule has 160 valence electrons. The Balaban J connectivity index is 1.38. The van der Waals surface area contributed by atoms with Crippen LogP contribution in [-0.4, -0.2) is 39.0 Å². The number of amides is 1. The van der Waals surface area contributed by atoms with E-state index in [1.807, 2.05) is 0 Å². The predicted molar refractivity (Wildman–Crippen MR) is 112 cm³/mol.